The number of nitro benzene ring substituents is 1. The Kier molecular flexibility index (Phi) is 4.23. The minimum Gasteiger partial charge on any atom is -0.329 e. The van der Waals surface area contributed by atoms with Crippen molar-refractivity contribution in [3.05, 3.63) is 68.3 Å². The molecule has 0 aliphatic carbocycles. The molecule has 0 saturated heterocycles. The van der Waals surface area contributed by atoms with Crippen LogP contribution in [0.4, 0.5) is 16.5 Å². The molecular weight excluding hydrogens is 376 g/mol. The van der Waals surface area contributed by atoms with E-state index in [1.807, 2.05) is 18.2 Å². The Balaban J connectivity index is 1.53. The first-order valence-corrected chi connectivity index (χ1v) is 8.74. The van der Waals surface area contributed by atoms with E-state index in [9.17, 15) is 10.1 Å². The lowest BCUT2D eigenvalue weighted by molar-refractivity contribution is -0.384. The Hall–Kier alpha value is -3.04. The number of aromatic nitrogens is 4. The van der Waals surface area contributed by atoms with Crippen LogP contribution in [-0.2, 0) is 6.42 Å². The average molecular weight is 387 g/mol. The Morgan fingerprint density at radius 3 is 3.00 bits per heavy atom. The molecule has 2 aromatic carbocycles. The van der Waals surface area contributed by atoms with Crippen molar-refractivity contribution in [3.8, 4) is 0 Å². The predicted octanol–water partition coefficient (Wildman–Crippen LogP) is 4.31. The summed E-state index contributed by atoms with van der Waals surface area (Å²) in [4.78, 5) is 10.5. The number of anilines is 2. The van der Waals surface area contributed by atoms with E-state index in [0.717, 1.165) is 21.5 Å². The molecule has 0 aliphatic heterocycles. The summed E-state index contributed by atoms with van der Waals surface area (Å²) in [5.74, 6) is 0. The molecule has 2 aromatic heterocycles. The molecule has 0 amide bonds. The molecule has 26 heavy (non-hydrogen) atoms. The maximum Gasteiger partial charge on any atom is 0.269 e. The largest absolute Gasteiger partial charge is 0.329 e. The molecule has 0 saturated carbocycles. The number of benzene rings is 2. The Bertz CT molecular complexity index is 1110. The molecule has 0 bridgehead atoms. The number of hydrogen-bond donors (Lipinski definition) is 2. The van der Waals surface area contributed by atoms with Crippen molar-refractivity contribution < 1.29 is 4.92 Å². The molecule has 4 rings (SSSR count). The molecule has 10 heteroatoms. The maximum atomic E-state index is 10.9. The van der Waals surface area contributed by atoms with Crippen LogP contribution in [0.25, 0.3) is 10.9 Å². The van der Waals surface area contributed by atoms with E-state index in [4.69, 9.17) is 11.6 Å². The third kappa shape index (κ3) is 3.22. The van der Waals surface area contributed by atoms with Gasteiger partial charge >= 0.3 is 0 Å². The monoisotopic (exact) mass is 386 g/mol. The molecule has 0 atom stereocenters. The van der Waals surface area contributed by atoms with Gasteiger partial charge in [-0.05, 0) is 17.7 Å². The molecule has 0 aliphatic rings. The number of fused-ring (bicyclic) bond motifs is 1. The average Bonchev–Trinajstić information content (AvgIpc) is 3.27. The van der Waals surface area contributed by atoms with E-state index in [2.05, 4.69) is 25.7 Å². The zero-order valence-corrected chi connectivity index (χ0v) is 14.7. The van der Waals surface area contributed by atoms with Gasteiger partial charge in [-0.3, -0.25) is 15.2 Å². The van der Waals surface area contributed by atoms with Gasteiger partial charge in [-0.15, -0.1) is 10.2 Å². The summed E-state index contributed by atoms with van der Waals surface area (Å²) in [5.41, 5.74) is 2.42. The standard InChI is InChI=1S/C16H11ClN6O2S/c17-15-11-8-18-20-12(11)4-5-13(15)19-16-22-21-14(26-16)7-9-2-1-3-10(6-9)23(24)25/h1-6,8H,7H2,(H,18,20)(H,19,22). The summed E-state index contributed by atoms with van der Waals surface area (Å²) in [6.07, 6.45) is 2.13. The van der Waals surface area contributed by atoms with Crippen molar-refractivity contribution in [2.75, 3.05) is 5.32 Å². The van der Waals surface area contributed by atoms with Crippen LogP contribution in [-0.4, -0.2) is 25.3 Å². The van der Waals surface area contributed by atoms with Crippen LogP contribution in [0.2, 0.25) is 5.02 Å². The minimum atomic E-state index is -0.412. The number of hydrogen-bond acceptors (Lipinski definition) is 7. The molecule has 4 aromatic rings. The van der Waals surface area contributed by atoms with Gasteiger partial charge < -0.3 is 5.32 Å². The summed E-state index contributed by atoms with van der Waals surface area (Å²) in [6.45, 7) is 0. The number of rotatable bonds is 5. The van der Waals surface area contributed by atoms with Gasteiger partial charge in [0.15, 0.2) is 0 Å². The first-order chi connectivity index (χ1) is 12.6. The van der Waals surface area contributed by atoms with E-state index in [1.165, 1.54) is 23.5 Å². The molecule has 130 valence electrons. The molecule has 2 heterocycles. The highest BCUT2D eigenvalue weighted by Gasteiger charge is 2.12. The van der Waals surface area contributed by atoms with Crippen LogP contribution in [0.5, 0.6) is 0 Å². The van der Waals surface area contributed by atoms with Gasteiger partial charge in [-0.25, -0.2) is 0 Å². The molecular formula is C16H11ClN6O2S. The molecule has 8 nitrogen and oxygen atoms in total. The van der Waals surface area contributed by atoms with Crippen LogP contribution in [0, 0.1) is 10.1 Å². The number of halogens is 1. The summed E-state index contributed by atoms with van der Waals surface area (Å²) < 4.78 is 0. The van der Waals surface area contributed by atoms with Gasteiger partial charge in [-0.1, -0.05) is 35.1 Å². The van der Waals surface area contributed by atoms with E-state index < -0.39 is 4.92 Å². The van der Waals surface area contributed by atoms with E-state index in [1.54, 1.807) is 12.3 Å². The number of aromatic amines is 1. The lowest BCUT2D eigenvalue weighted by Gasteiger charge is -2.05. The molecule has 0 spiro atoms. The topological polar surface area (TPSA) is 110 Å². The first-order valence-electron chi connectivity index (χ1n) is 7.54. The van der Waals surface area contributed by atoms with Crippen LogP contribution in [0.3, 0.4) is 0 Å². The fraction of sp³-hybridized carbons (Fsp3) is 0.0625. The number of nitrogens with one attached hydrogen (secondary N) is 2. The fourth-order valence-electron chi connectivity index (χ4n) is 2.52. The maximum absolute atomic E-state index is 10.9. The van der Waals surface area contributed by atoms with E-state index in [-0.39, 0.29) is 5.69 Å². The van der Waals surface area contributed by atoms with Gasteiger partial charge in [0.1, 0.15) is 5.01 Å². The second-order valence-electron chi connectivity index (χ2n) is 5.49. The van der Waals surface area contributed by atoms with E-state index in [0.29, 0.717) is 22.3 Å². The van der Waals surface area contributed by atoms with Crippen molar-refractivity contribution in [1.29, 1.82) is 0 Å². The second kappa shape index (κ2) is 6.70. The predicted molar refractivity (Wildman–Crippen MR) is 100 cm³/mol. The minimum absolute atomic E-state index is 0.0607. The van der Waals surface area contributed by atoms with Crippen molar-refractivity contribution in [1.82, 2.24) is 20.4 Å². The first kappa shape index (κ1) is 16.4. The zero-order chi connectivity index (χ0) is 18.1. The van der Waals surface area contributed by atoms with Gasteiger partial charge in [0.05, 0.1) is 27.3 Å². The molecule has 0 fully saturated rings. The van der Waals surface area contributed by atoms with Crippen molar-refractivity contribution in [3.63, 3.8) is 0 Å². The molecule has 2 N–H and O–H groups in total. The SMILES string of the molecule is O=[N+]([O-])c1cccc(Cc2nnc(Nc3ccc4[nH]ncc4c3Cl)s2)c1. The number of nitrogens with zero attached hydrogens (tertiary/aromatic N) is 4. The van der Waals surface area contributed by atoms with Crippen LogP contribution >= 0.6 is 22.9 Å². The zero-order valence-electron chi connectivity index (χ0n) is 13.1. The smallest absolute Gasteiger partial charge is 0.269 e. The van der Waals surface area contributed by atoms with Crippen LogP contribution in [0.1, 0.15) is 10.6 Å². The highest BCUT2D eigenvalue weighted by Crippen LogP contribution is 2.33. The lowest BCUT2D eigenvalue weighted by atomic mass is 10.1. The van der Waals surface area contributed by atoms with E-state index >= 15 is 0 Å². The summed E-state index contributed by atoms with van der Waals surface area (Å²) in [6, 6.07) is 10.2. The normalized spacial score (nSPS) is 11.0. The third-order valence-electron chi connectivity index (χ3n) is 3.74. The molecule has 0 unspecified atom stereocenters. The highest BCUT2D eigenvalue weighted by molar-refractivity contribution is 7.15. The number of non-ortho nitro benzene ring substituents is 1. The number of H-pyrrole nitrogens is 1. The summed E-state index contributed by atoms with van der Waals surface area (Å²) in [5, 5.41) is 31.8. The second-order valence-corrected chi connectivity index (χ2v) is 6.93. The van der Waals surface area contributed by atoms with Crippen LogP contribution < -0.4 is 5.32 Å². The van der Waals surface area contributed by atoms with Gasteiger partial charge in [0.25, 0.3) is 5.69 Å². The molecule has 0 radical (unpaired) electrons. The fourth-order valence-corrected chi connectivity index (χ4v) is 3.57. The summed E-state index contributed by atoms with van der Waals surface area (Å²) in [7, 11) is 0. The van der Waals surface area contributed by atoms with Gasteiger partial charge in [-0.2, -0.15) is 5.10 Å². The van der Waals surface area contributed by atoms with Gasteiger partial charge in [0.2, 0.25) is 5.13 Å². The lowest BCUT2D eigenvalue weighted by Crippen LogP contribution is -1.91. The summed E-state index contributed by atoms with van der Waals surface area (Å²) >= 11 is 7.75. The number of nitro groups is 1. The van der Waals surface area contributed by atoms with Crippen molar-refractivity contribution in [2.24, 2.45) is 0 Å². The van der Waals surface area contributed by atoms with Crippen LogP contribution in [0.15, 0.2) is 42.6 Å². The Labute approximate surface area is 156 Å². The Morgan fingerprint density at radius 2 is 2.15 bits per heavy atom. The van der Waals surface area contributed by atoms with Gasteiger partial charge in [0, 0.05) is 23.9 Å². The van der Waals surface area contributed by atoms with Crippen molar-refractivity contribution >= 4 is 50.3 Å². The quantitative estimate of drug-likeness (QED) is 0.390. The third-order valence-corrected chi connectivity index (χ3v) is 4.99. The highest BCUT2D eigenvalue weighted by atomic mass is 35.5. The Morgan fingerprint density at radius 1 is 1.27 bits per heavy atom. The van der Waals surface area contributed by atoms with Crippen molar-refractivity contribution in [2.45, 2.75) is 6.42 Å².